The van der Waals surface area contributed by atoms with Crippen molar-refractivity contribution in [1.29, 1.82) is 0 Å². The highest BCUT2D eigenvalue weighted by Crippen LogP contribution is 2.57. The number of fused-ring (bicyclic) bond motifs is 18. The second-order valence-electron chi connectivity index (χ2n) is 13.6. The normalized spacial score (nSPS) is 13.9. The maximum Gasteiger partial charge on any atom is 0.145 e. The molecule has 0 amide bonds. The highest BCUT2D eigenvalue weighted by Gasteiger charge is 2.41. The molecule has 0 N–H and O–H groups in total. The highest BCUT2D eigenvalue weighted by atomic mass is 16.3. The molecule has 0 fully saturated rings. The van der Waals surface area contributed by atoms with Crippen LogP contribution in [0, 0.1) is 0 Å². The molecule has 2 heteroatoms. The maximum atomic E-state index is 6.90. The van der Waals surface area contributed by atoms with Gasteiger partial charge >= 0.3 is 0 Å². The number of aromatic nitrogens is 1. The standard InChI is InChI=1S/C45H29NO/c1-45(2)36-20-10-7-17-32(36)40-42(45)39-33-18-8-11-21-37(33)46(43(39)41-34-19-9-12-22-38(34)47-44(40)41)26-23-24-31-29-15-4-3-13-27(29)28-14-5-6-16-30(28)35(31)25-26/h3-25H,1-2H3. The topological polar surface area (TPSA) is 18.1 Å². The summed E-state index contributed by atoms with van der Waals surface area (Å²) in [5.74, 6) is 0. The van der Waals surface area contributed by atoms with Crippen molar-refractivity contribution in [2.24, 2.45) is 0 Å². The maximum absolute atomic E-state index is 6.90. The van der Waals surface area contributed by atoms with Crippen LogP contribution in [0.2, 0.25) is 0 Å². The summed E-state index contributed by atoms with van der Waals surface area (Å²) < 4.78 is 9.41. The lowest BCUT2D eigenvalue weighted by Gasteiger charge is -2.23. The summed E-state index contributed by atoms with van der Waals surface area (Å²) in [6, 6.07) is 51.1. The predicted octanol–water partition coefficient (Wildman–Crippen LogP) is 12.4. The summed E-state index contributed by atoms with van der Waals surface area (Å²) in [6.07, 6.45) is 0. The molecule has 0 saturated heterocycles. The van der Waals surface area contributed by atoms with Crippen LogP contribution in [0.15, 0.2) is 144 Å². The third-order valence-electron chi connectivity index (χ3n) is 10.9. The van der Waals surface area contributed by atoms with E-state index < -0.39 is 0 Å². The Bertz CT molecular complexity index is 2950. The molecule has 220 valence electrons. The molecule has 0 bridgehead atoms. The van der Waals surface area contributed by atoms with Crippen LogP contribution in [0.25, 0.3) is 92.9 Å². The van der Waals surface area contributed by atoms with Gasteiger partial charge in [-0.2, -0.15) is 0 Å². The Morgan fingerprint density at radius 2 is 1.09 bits per heavy atom. The van der Waals surface area contributed by atoms with E-state index in [1.807, 2.05) is 0 Å². The first kappa shape index (κ1) is 25.3. The minimum atomic E-state index is -0.204. The van der Waals surface area contributed by atoms with Crippen LogP contribution in [0.1, 0.15) is 25.0 Å². The number of hydrogen-bond donors (Lipinski definition) is 0. The fourth-order valence-electron chi connectivity index (χ4n) is 8.99. The van der Waals surface area contributed by atoms with Crippen LogP contribution in [-0.2, 0) is 5.41 Å². The van der Waals surface area contributed by atoms with Crippen molar-refractivity contribution < 1.29 is 4.42 Å². The molecule has 0 unspecified atom stereocenters. The fourth-order valence-corrected chi connectivity index (χ4v) is 8.99. The van der Waals surface area contributed by atoms with Gasteiger partial charge in [-0.15, -0.1) is 0 Å². The molecule has 1 aliphatic carbocycles. The minimum Gasteiger partial charge on any atom is -0.455 e. The smallest absolute Gasteiger partial charge is 0.145 e. The van der Waals surface area contributed by atoms with Gasteiger partial charge in [-0.3, -0.25) is 0 Å². The number of rotatable bonds is 1. The van der Waals surface area contributed by atoms with Crippen LogP contribution in [0.3, 0.4) is 0 Å². The summed E-state index contributed by atoms with van der Waals surface area (Å²) in [5, 5.41) is 12.6. The molecule has 8 aromatic carbocycles. The molecule has 2 heterocycles. The van der Waals surface area contributed by atoms with Crippen LogP contribution in [0.4, 0.5) is 0 Å². The van der Waals surface area contributed by atoms with Crippen LogP contribution in [-0.4, -0.2) is 4.57 Å². The Labute approximate surface area is 271 Å². The molecule has 10 aromatic rings. The van der Waals surface area contributed by atoms with Gasteiger partial charge in [0.05, 0.1) is 16.4 Å². The van der Waals surface area contributed by atoms with Gasteiger partial charge in [0.15, 0.2) is 0 Å². The molecule has 47 heavy (non-hydrogen) atoms. The Hall–Kier alpha value is -5.86. The van der Waals surface area contributed by atoms with Gasteiger partial charge < -0.3 is 8.98 Å². The second kappa shape index (κ2) is 8.69. The van der Waals surface area contributed by atoms with Gasteiger partial charge in [0.2, 0.25) is 0 Å². The van der Waals surface area contributed by atoms with Gasteiger partial charge in [0, 0.05) is 32.8 Å². The number of nitrogens with zero attached hydrogens (tertiary/aromatic N) is 1. The van der Waals surface area contributed by atoms with E-state index in [0.29, 0.717) is 0 Å². The molecule has 0 spiro atoms. The Morgan fingerprint density at radius 1 is 0.511 bits per heavy atom. The van der Waals surface area contributed by atoms with Crippen LogP contribution in [0.5, 0.6) is 0 Å². The van der Waals surface area contributed by atoms with Crippen molar-refractivity contribution in [1.82, 2.24) is 4.57 Å². The fraction of sp³-hybridized carbons (Fsp3) is 0.0667. The molecule has 2 nitrogen and oxygen atoms in total. The van der Waals surface area contributed by atoms with Crippen molar-refractivity contribution in [3.05, 3.63) is 151 Å². The van der Waals surface area contributed by atoms with Gasteiger partial charge in [-0.05, 0) is 73.3 Å². The largest absolute Gasteiger partial charge is 0.455 e. The number of benzene rings is 8. The first-order valence-electron chi connectivity index (χ1n) is 16.5. The molecule has 0 saturated carbocycles. The lowest BCUT2D eigenvalue weighted by molar-refractivity contribution is 0.658. The quantitative estimate of drug-likeness (QED) is 0.172. The van der Waals surface area contributed by atoms with E-state index in [1.165, 1.54) is 81.8 Å². The number of para-hydroxylation sites is 2. The predicted molar refractivity (Wildman–Crippen MR) is 198 cm³/mol. The summed E-state index contributed by atoms with van der Waals surface area (Å²) in [4.78, 5) is 0. The van der Waals surface area contributed by atoms with Crippen LogP contribution < -0.4 is 0 Å². The second-order valence-corrected chi connectivity index (χ2v) is 13.6. The zero-order valence-corrected chi connectivity index (χ0v) is 26.1. The third kappa shape index (κ3) is 3.06. The first-order chi connectivity index (χ1) is 23.1. The van der Waals surface area contributed by atoms with Crippen molar-refractivity contribution in [3.8, 4) is 16.8 Å². The van der Waals surface area contributed by atoms with Gasteiger partial charge in [-0.25, -0.2) is 0 Å². The lowest BCUT2D eigenvalue weighted by atomic mass is 9.80. The average Bonchev–Trinajstić information content (AvgIpc) is 3.74. The molecule has 0 aliphatic heterocycles. The van der Waals surface area contributed by atoms with E-state index in [1.54, 1.807) is 0 Å². The monoisotopic (exact) mass is 599 g/mol. The van der Waals surface area contributed by atoms with Crippen LogP contribution >= 0.6 is 0 Å². The lowest BCUT2D eigenvalue weighted by Crippen LogP contribution is -2.15. The molecule has 0 radical (unpaired) electrons. The summed E-state index contributed by atoms with van der Waals surface area (Å²) in [7, 11) is 0. The average molecular weight is 600 g/mol. The van der Waals surface area contributed by atoms with Gasteiger partial charge in [0.1, 0.15) is 11.2 Å². The Morgan fingerprint density at radius 3 is 1.83 bits per heavy atom. The molecule has 2 aromatic heterocycles. The number of hydrogen-bond acceptors (Lipinski definition) is 1. The molecule has 1 aliphatic rings. The molecule has 0 atom stereocenters. The van der Waals surface area contributed by atoms with E-state index in [2.05, 4.69) is 158 Å². The molecular formula is C45H29NO. The molecular weight excluding hydrogens is 571 g/mol. The first-order valence-corrected chi connectivity index (χ1v) is 16.5. The van der Waals surface area contributed by atoms with E-state index >= 15 is 0 Å². The SMILES string of the molecule is CC1(C)c2ccccc2-c2c1c1c3ccccc3n(-c3ccc4c5ccccc5c5ccccc5c4c3)c1c1c2oc2ccccc21. The zero-order chi connectivity index (χ0) is 31.0. The molecule has 11 rings (SSSR count). The van der Waals surface area contributed by atoms with E-state index in [4.69, 9.17) is 4.42 Å². The van der Waals surface area contributed by atoms with Gasteiger partial charge in [-0.1, -0.05) is 129 Å². The summed E-state index contributed by atoms with van der Waals surface area (Å²) >= 11 is 0. The van der Waals surface area contributed by atoms with Crippen molar-refractivity contribution >= 4 is 76.1 Å². The Kier molecular flexibility index (Phi) is 4.68. The van der Waals surface area contributed by atoms with Gasteiger partial charge in [0.25, 0.3) is 0 Å². The summed E-state index contributed by atoms with van der Waals surface area (Å²) in [6.45, 7) is 4.76. The minimum absolute atomic E-state index is 0.204. The van der Waals surface area contributed by atoms with E-state index in [0.717, 1.165) is 22.2 Å². The van der Waals surface area contributed by atoms with Crippen molar-refractivity contribution in [3.63, 3.8) is 0 Å². The van der Waals surface area contributed by atoms with E-state index in [9.17, 15) is 0 Å². The zero-order valence-electron chi connectivity index (χ0n) is 26.1. The Balaban J connectivity index is 1.39. The van der Waals surface area contributed by atoms with Crippen molar-refractivity contribution in [2.45, 2.75) is 19.3 Å². The highest BCUT2D eigenvalue weighted by molar-refractivity contribution is 6.30. The van der Waals surface area contributed by atoms with Crippen molar-refractivity contribution in [2.75, 3.05) is 0 Å². The number of furan rings is 1. The summed E-state index contributed by atoms with van der Waals surface area (Å²) in [5.41, 5.74) is 10.5. The van der Waals surface area contributed by atoms with E-state index in [-0.39, 0.29) is 5.41 Å². The third-order valence-corrected chi connectivity index (χ3v) is 10.9.